The van der Waals surface area contributed by atoms with Crippen LogP contribution in [0.4, 0.5) is 14.5 Å². The van der Waals surface area contributed by atoms with Crippen LogP contribution in [-0.2, 0) is 16.4 Å². The van der Waals surface area contributed by atoms with E-state index in [0.29, 0.717) is 11.3 Å². The highest BCUT2D eigenvalue weighted by molar-refractivity contribution is 7.90. The van der Waals surface area contributed by atoms with Crippen LogP contribution in [0.5, 0.6) is 5.75 Å². The lowest BCUT2D eigenvalue weighted by Gasteiger charge is -2.12. The Hall–Kier alpha value is -2.55. The molecule has 6 nitrogen and oxygen atoms in total. The predicted octanol–water partition coefficient (Wildman–Crippen LogP) is 2.90. The number of nitrogens with zero attached hydrogens (tertiary/aromatic N) is 1. The zero-order valence-electron chi connectivity index (χ0n) is 13.5. The fourth-order valence-electron chi connectivity index (χ4n) is 2.08. The van der Waals surface area contributed by atoms with Crippen LogP contribution < -0.4 is 10.1 Å². The van der Waals surface area contributed by atoms with E-state index >= 15 is 0 Å². The molecule has 0 unspecified atom stereocenters. The minimum atomic E-state index is -3.50. The maximum atomic E-state index is 12.1. The quantitative estimate of drug-likeness (QED) is 0.755. The van der Waals surface area contributed by atoms with Gasteiger partial charge in [0.25, 0.3) is 0 Å². The van der Waals surface area contributed by atoms with Gasteiger partial charge in [0.15, 0.2) is 15.6 Å². The minimum absolute atomic E-state index is 0.0511. The molecule has 1 N–H and O–H groups in total. The zero-order chi connectivity index (χ0) is 18.6. The molecule has 0 aliphatic carbocycles. The summed E-state index contributed by atoms with van der Waals surface area (Å²) in [6, 6.07) is 7.06. The van der Waals surface area contributed by atoms with Crippen LogP contribution in [0.3, 0.4) is 0 Å². The van der Waals surface area contributed by atoms with Crippen LogP contribution >= 0.6 is 0 Å². The van der Waals surface area contributed by atoms with Crippen molar-refractivity contribution in [1.82, 2.24) is 4.98 Å². The second-order valence-corrected chi connectivity index (χ2v) is 7.24. The van der Waals surface area contributed by atoms with Gasteiger partial charge in [-0.15, -0.1) is 0 Å². The van der Waals surface area contributed by atoms with Gasteiger partial charge in [-0.2, -0.15) is 8.78 Å². The van der Waals surface area contributed by atoms with Crippen LogP contribution in [0.1, 0.15) is 23.0 Å². The molecule has 0 bridgehead atoms. The Morgan fingerprint density at radius 1 is 1.28 bits per heavy atom. The number of ether oxygens (including phenoxy) is 1. The molecule has 134 valence electrons. The molecule has 0 aliphatic heterocycles. The smallest absolute Gasteiger partial charge is 0.387 e. The summed E-state index contributed by atoms with van der Waals surface area (Å²) in [7, 11) is -3.50. The van der Waals surface area contributed by atoms with Gasteiger partial charge in [0, 0.05) is 11.8 Å². The summed E-state index contributed by atoms with van der Waals surface area (Å²) in [6.45, 7) is -1.42. The Kier molecular flexibility index (Phi) is 5.68. The number of benzene rings is 1. The van der Waals surface area contributed by atoms with E-state index < -0.39 is 16.4 Å². The van der Waals surface area contributed by atoms with Gasteiger partial charge in [-0.1, -0.05) is 0 Å². The van der Waals surface area contributed by atoms with E-state index in [4.69, 9.17) is 0 Å². The average molecular weight is 370 g/mol. The number of rotatable bonds is 7. The highest BCUT2D eigenvalue weighted by Crippen LogP contribution is 2.24. The number of halogens is 2. The number of Topliss-reactive ketones (excluding diaryl/α,β-unsaturated/α-hetero) is 1. The van der Waals surface area contributed by atoms with Gasteiger partial charge in [0.1, 0.15) is 5.75 Å². The van der Waals surface area contributed by atoms with E-state index in [1.165, 1.54) is 37.3 Å². The Bertz CT molecular complexity index is 868. The van der Waals surface area contributed by atoms with E-state index in [1.54, 1.807) is 0 Å². The molecule has 1 heterocycles. The third kappa shape index (κ3) is 5.21. The number of aromatic nitrogens is 1. The maximum Gasteiger partial charge on any atom is 0.387 e. The summed E-state index contributed by atoms with van der Waals surface area (Å²) >= 11 is 0. The Morgan fingerprint density at radius 2 is 2.00 bits per heavy atom. The van der Waals surface area contributed by atoms with Crippen molar-refractivity contribution in [3.63, 3.8) is 0 Å². The Balaban J connectivity index is 2.21. The van der Waals surface area contributed by atoms with Crippen molar-refractivity contribution in [2.45, 2.75) is 25.0 Å². The Morgan fingerprint density at radius 3 is 2.52 bits per heavy atom. The maximum absolute atomic E-state index is 12.1. The Labute approximate surface area is 143 Å². The number of sulfone groups is 1. The van der Waals surface area contributed by atoms with E-state index in [0.717, 1.165) is 12.5 Å². The number of anilines is 1. The predicted molar refractivity (Wildman–Crippen MR) is 87.8 cm³/mol. The molecule has 1 aromatic heterocycles. The molecule has 0 radical (unpaired) electrons. The van der Waals surface area contributed by atoms with E-state index in [2.05, 4.69) is 15.0 Å². The number of hydrogen-bond acceptors (Lipinski definition) is 6. The molecule has 9 heteroatoms. The van der Waals surface area contributed by atoms with Crippen LogP contribution in [0, 0.1) is 0 Å². The molecule has 0 amide bonds. The number of carbonyl (C=O) groups excluding carboxylic acids is 1. The fourth-order valence-corrected chi connectivity index (χ4v) is 2.93. The molecule has 0 atom stereocenters. The lowest BCUT2D eigenvalue weighted by Crippen LogP contribution is -2.09. The first kappa shape index (κ1) is 18.8. The third-order valence-corrected chi connectivity index (χ3v) is 4.42. The first-order chi connectivity index (χ1) is 11.7. The number of hydrogen-bond donors (Lipinski definition) is 1. The molecule has 2 aromatic rings. The van der Waals surface area contributed by atoms with Crippen molar-refractivity contribution >= 4 is 21.3 Å². The topological polar surface area (TPSA) is 85.4 Å². The van der Waals surface area contributed by atoms with E-state index in [-0.39, 0.29) is 28.7 Å². The number of carbonyl (C=O) groups is 1. The van der Waals surface area contributed by atoms with Gasteiger partial charge < -0.3 is 10.1 Å². The first-order valence-corrected chi connectivity index (χ1v) is 9.04. The molecule has 0 saturated heterocycles. The normalized spacial score (nSPS) is 11.4. The second-order valence-electron chi connectivity index (χ2n) is 5.26. The van der Waals surface area contributed by atoms with Crippen LogP contribution in [-0.4, -0.2) is 32.1 Å². The second kappa shape index (κ2) is 7.56. The van der Waals surface area contributed by atoms with Gasteiger partial charge in [-0.25, -0.2) is 8.42 Å². The lowest BCUT2D eigenvalue weighted by molar-refractivity contribution is -0.0500. The van der Waals surface area contributed by atoms with Crippen molar-refractivity contribution in [2.24, 2.45) is 0 Å². The van der Waals surface area contributed by atoms with Gasteiger partial charge in [0.05, 0.1) is 29.0 Å². The van der Waals surface area contributed by atoms with Crippen molar-refractivity contribution in [2.75, 3.05) is 11.6 Å². The molecule has 25 heavy (non-hydrogen) atoms. The molecule has 0 spiro atoms. The van der Waals surface area contributed by atoms with Gasteiger partial charge in [0.2, 0.25) is 0 Å². The van der Waals surface area contributed by atoms with Gasteiger partial charge in [-0.05, 0) is 37.3 Å². The van der Waals surface area contributed by atoms with Crippen molar-refractivity contribution in [3.8, 4) is 5.75 Å². The molecule has 0 saturated carbocycles. The molecule has 1 aromatic carbocycles. The highest BCUT2D eigenvalue weighted by atomic mass is 32.2. The van der Waals surface area contributed by atoms with E-state index in [1.807, 2.05) is 0 Å². The van der Waals surface area contributed by atoms with E-state index in [9.17, 15) is 22.0 Å². The summed E-state index contributed by atoms with van der Waals surface area (Å²) in [5.74, 6) is -0.274. The van der Waals surface area contributed by atoms with Gasteiger partial charge >= 0.3 is 6.61 Å². The lowest BCUT2D eigenvalue weighted by atomic mass is 10.1. The summed E-state index contributed by atoms with van der Waals surface area (Å²) in [5, 5.41) is 2.91. The first-order valence-electron chi connectivity index (χ1n) is 7.15. The molecule has 2 rings (SSSR count). The van der Waals surface area contributed by atoms with Crippen LogP contribution in [0.25, 0.3) is 0 Å². The summed E-state index contributed by atoms with van der Waals surface area (Å²) in [5.41, 5.74) is 1.11. The third-order valence-electron chi connectivity index (χ3n) is 3.27. The van der Waals surface area contributed by atoms with Crippen LogP contribution in [0.15, 0.2) is 41.4 Å². The van der Waals surface area contributed by atoms with Crippen molar-refractivity contribution in [3.05, 3.63) is 47.8 Å². The van der Waals surface area contributed by atoms with Gasteiger partial charge in [-0.3, -0.25) is 9.78 Å². The monoisotopic (exact) mass is 370 g/mol. The number of pyridine rings is 1. The highest BCUT2D eigenvalue weighted by Gasteiger charge is 2.15. The zero-order valence-corrected chi connectivity index (χ0v) is 14.3. The number of ketones is 1. The molecular weight excluding hydrogens is 354 g/mol. The SMILES string of the molecule is CC(=O)c1ccc(S(C)(=O)=O)c(NCc2ccc(OC(F)F)cn2)c1. The average Bonchev–Trinajstić information content (AvgIpc) is 2.52. The fraction of sp³-hybridized carbons (Fsp3) is 0.250. The number of alkyl halides is 2. The molecular formula is C16H16F2N2O4S. The summed E-state index contributed by atoms with van der Waals surface area (Å²) < 4.78 is 52.1. The standard InChI is InChI=1S/C16H16F2N2O4S/c1-10(21)11-3-6-15(25(2,22)23)14(7-11)20-8-12-4-5-13(9-19-12)24-16(17)18/h3-7,9,16,20H,8H2,1-2H3. The minimum Gasteiger partial charge on any atom is -0.433 e. The molecule has 0 fully saturated rings. The largest absolute Gasteiger partial charge is 0.433 e. The number of nitrogens with one attached hydrogen (secondary N) is 1. The van der Waals surface area contributed by atoms with Crippen molar-refractivity contribution in [1.29, 1.82) is 0 Å². The van der Waals surface area contributed by atoms with Crippen molar-refractivity contribution < 1.29 is 26.7 Å². The summed E-state index contributed by atoms with van der Waals surface area (Å²) in [4.78, 5) is 15.5. The summed E-state index contributed by atoms with van der Waals surface area (Å²) in [6.07, 6.45) is 2.21. The van der Waals surface area contributed by atoms with Crippen LogP contribution in [0.2, 0.25) is 0 Å². The molecule has 0 aliphatic rings.